The van der Waals surface area contributed by atoms with Gasteiger partial charge in [0.1, 0.15) is 0 Å². The van der Waals surface area contributed by atoms with Crippen molar-refractivity contribution in [3.05, 3.63) is 11.6 Å². The van der Waals surface area contributed by atoms with Gasteiger partial charge >= 0.3 is 0 Å². The molecule has 4 aliphatic carbocycles. The Balaban J connectivity index is 1.63. The zero-order valence-corrected chi connectivity index (χ0v) is 15.7. The topological polar surface area (TPSA) is 37.3 Å². The highest BCUT2D eigenvalue weighted by molar-refractivity contribution is 5.91. The van der Waals surface area contributed by atoms with Crippen molar-refractivity contribution in [3.8, 4) is 0 Å². The van der Waals surface area contributed by atoms with Gasteiger partial charge in [0.05, 0.1) is 0 Å². The molecular weight excluding hydrogens is 296 g/mol. The molecule has 0 saturated heterocycles. The first-order chi connectivity index (χ1) is 11.4. The van der Waals surface area contributed by atoms with Crippen LogP contribution in [-0.4, -0.2) is 17.5 Å². The molecule has 4 aliphatic rings. The number of allylic oxidation sites excluding steroid dienone is 1. The molecule has 7 atom stereocenters. The zero-order chi connectivity index (χ0) is 17.1. The number of rotatable bonds is 2. The molecule has 24 heavy (non-hydrogen) atoms. The van der Waals surface area contributed by atoms with E-state index in [1.165, 1.54) is 37.7 Å². The molecule has 0 aromatic rings. The molecule has 134 valence electrons. The van der Waals surface area contributed by atoms with E-state index in [2.05, 4.69) is 20.8 Å². The molecule has 0 spiro atoms. The highest BCUT2D eigenvalue weighted by Gasteiger charge is 2.59. The third-order valence-electron chi connectivity index (χ3n) is 9.01. The molecule has 0 unspecified atom stereocenters. The highest BCUT2D eigenvalue weighted by Crippen LogP contribution is 2.67. The lowest BCUT2D eigenvalue weighted by Gasteiger charge is -2.58. The largest absolute Gasteiger partial charge is 0.396 e. The second-order valence-corrected chi connectivity index (χ2v) is 9.86. The van der Waals surface area contributed by atoms with Gasteiger partial charge in [0.2, 0.25) is 0 Å². The summed E-state index contributed by atoms with van der Waals surface area (Å²) in [4.78, 5) is 11.9. The Labute approximate surface area is 147 Å². The van der Waals surface area contributed by atoms with Crippen LogP contribution in [0, 0.1) is 40.4 Å². The summed E-state index contributed by atoms with van der Waals surface area (Å²) in [7, 11) is 0. The van der Waals surface area contributed by atoms with Gasteiger partial charge in [-0.3, -0.25) is 4.79 Å². The maximum absolute atomic E-state index is 11.9. The molecule has 0 bridgehead atoms. The van der Waals surface area contributed by atoms with Crippen molar-refractivity contribution in [3.63, 3.8) is 0 Å². The third kappa shape index (κ3) is 2.21. The lowest BCUT2D eigenvalue weighted by Crippen LogP contribution is -2.51. The van der Waals surface area contributed by atoms with Crippen LogP contribution in [0.15, 0.2) is 11.6 Å². The van der Waals surface area contributed by atoms with Gasteiger partial charge < -0.3 is 5.11 Å². The molecule has 0 aliphatic heterocycles. The number of hydrogen-bond donors (Lipinski definition) is 1. The second-order valence-electron chi connectivity index (χ2n) is 9.86. The van der Waals surface area contributed by atoms with Crippen LogP contribution in [0.5, 0.6) is 0 Å². The van der Waals surface area contributed by atoms with Crippen molar-refractivity contribution >= 4 is 5.78 Å². The van der Waals surface area contributed by atoms with E-state index in [-0.39, 0.29) is 0 Å². The number of aliphatic hydroxyl groups excluding tert-OH is 1. The smallest absolute Gasteiger partial charge is 0.155 e. The molecule has 0 aromatic heterocycles. The first-order valence-electron chi connectivity index (χ1n) is 10.2. The number of hydrogen-bond acceptors (Lipinski definition) is 2. The Morgan fingerprint density at radius 2 is 1.92 bits per heavy atom. The second kappa shape index (κ2) is 5.69. The fourth-order valence-corrected chi connectivity index (χ4v) is 7.66. The predicted molar refractivity (Wildman–Crippen MR) is 96.4 cm³/mol. The van der Waals surface area contributed by atoms with E-state index < -0.39 is 0 Å². The normalized spacial score (nSPS) is 49.0. The fraction of sp³-hybridized carbons (Fsp3) is 0.864. The van der Waals surface area contributed by atoms with Gasteiger partial charge in [0, 0.05) is 13.0 Å². The monoisotopic (exact) mass is 330 g/mol. The maximum Gasteiger partial charge on any atom is 0.155 e. The van der Waals surface area contributed by atoms with Crippen molar-refractivity contribution in [1.29, 1.82) is 0 Å². The fourth-order valence-electron chi connectivity index (χ4n) is 7.66. The van der Waals surface area contributed by atoms with Gasteiger partial charge in [-0.05, 0) is 91.4 Å². The van der Waals surface area contributed by atoms with E-state index >= 15 is 0 Å². The molecule has 0 heterocycles. The standard InChI is InChI=1S/C22H34O2/c1-14(13-23)18-6-7-19-17-5-4-15-12-16(24)8-10-21(15,2)20(17)9-11-22(18,19)3/h12,14,17-20,23H,4-11,13H2,1-3H3/t14-,17-,18+,19-,20-,21-,22+/m0/s1. The van der Waals surface area contributed by atoms with Crippen LogP contribution in [0.2, 0.25) is 0 Å². The van der Waals surface area contributed by atoms with E-state index in [1.807, 2.05) is 6.08 Å². The van der Waals surface area contributed by atoms with Crippen LogP contribution in [0.4, 0.5) is 0 Å². The molecule has 0 aromatic carbocycles. The van der Waals surface area contributed by atoms with Gasteiger partial charge in [0.15, 0.2) is 5.78 Å². The quantitative estimate of drug-likeness (QED) is 0.792. The Kier molecular flexibility index (Phi) is 3.99. The van der Waals surface area contributed by atoms with Crippen LogP contribution >= 0.6 is 0 Å². The first-order valence-corrected chi connectivity index (χ1v) is 10.2. The van der Waals surface area contributed by atoms with Gasteiger partial charge in [-0.2, -0.15) is 0 Å². The van der Waals surface area contributed by atoms with Crippen molar-refractivity contribution in [2.75, 3.05) is 6.61 Å². The summed E-state index contributed by atoms with van der Waals surface area (Å²) in [5.41, 5.74) is 2.20. The predicted octanol–water partition coefficient (Wildman–Crippen LogP) is 4.76. The summed E-state index contributed by atoms with van der Waals surface area (Å²) >= 11 is 0. The van der Waals surface area contributed by atoms with Gasteiger partial charge in [0.25, 0.3) is 0 Å². The number of ketones is 1. The molecule has 2 heteroatoms. The average Bonchev–Trinajstić information content (AvgIpc) is 2.92. The van der Waals surface area contributed by atoms with Crippen molar-refractivity contribution in [1.82, 2.24) is 0 Å². The van der Waals surface area contributed by atoms with E-state index in [0.29, 0.717) is 35.1 Å². The number of fused-ring (bicyclic) bond motifs is 5. The minimum Gasteiger partial charge on any atom is -0.396 e. The summed E-state index contributed by atoms with van der Waals surface area (Å²) in [6.45, 7) is 7.59. The summed E-state index contributed by atoms with van der Waals surface area (Å²) in [5, 5.41) is 9.71. The van der Waals surface area contributed by atoms with Gasteiger partial charge in [-0.25, -0.2) is 0 Å². The van der Waals surface area contributed by atoms with Crippen molar-refractivity contribution in [2.24, 2.45) is 40.4 Å². The van der Waals surface area contributed by atoms with Crippen molar-refractivity contribution < 1.29 is 9.90 Å². The van der Waals surface area contributed by atoms with Crippen LogP contribution < -0.4 is 0 Å². The lowest BCUT2D eigenvalue weighted by atomic mass is 9.46. The molecule has 0 radical (unpaired) electrons. The van der Waals surface area contributed by atoms with Crippen LogP contribution in [0.25, 0.3) is 0 Å². The average molecular weight is 331 g/mol. The SMILES string of the molecule is C[C@@H](CO)[C@H]1CC[C@H]2[C@@H]3CCC4=CC(=O)CC[C@]4(C)[C@H]3CC[C@]12C. The molecule has 3 fully saturated rings. The van der Waals surface area contributed by atoms with Crippen LogP contribution in [0.1, 0.15) is 72.1 Å². The number of carbonyl (C=O) groups is 1. The van der Waals surface area contributed by atoms with E-state index in [0.717, 1.165) is 37.0 Å². The number of aliphatic hydroxyl groups is 1. The van der Waals surface area contributed by atoms with E-state index in [1.54, 1.807) is 0 Å². The Morgan fingerprint density at radius 1 is 1.12 bits per heavy atom. The highest BCUT2D eigenvalue weighted by atomic mass is 16.3. The Morgan fingerprint density at radius 3 is 2.67 bits per heavy atom. The first kappa shape index (κ1) is 16.8. The lowest BCUT2D eigenvalue weighted by molar-refractivity contribution is -0.117. The molecular formula is C22H34O2. The van der Waals surface area contributed by atoms with Gasteiger partial charge in [-0.15, -0.1) is 0 Å². The summed E-state index contributed by atoms with van der Waals surface area (Å²) in [5.74, 6) is 3.97. The van der Waals surface area contributed by atoms with Crippen LogP contribution in [0.3, 0.4) is 0 Å². The summed E-state index contributed by atoms with van der Waals surface area (Å²) < 4.78 is 0. The van der Waals surface area contributed by atoms with E-state index in [4.69, 9.17) is 0 Å². The molecule has 2 nitrogen and oxygen atoms in total. The summed E-state index contributed by atoms with van der Waals surface area (Å²) in [6.07, 6.45) is 11.6. The van der Waals surface area contributed by atoms with Crippen LogP contribution in [-0.2, 0) is 4.79 Å². The molecule has 1 N–H and O–H groups in total. The Bertz CT molecular complexity index is 564. The molecule has 0 amide bonds. The molecule has 3 saturated carbocycles. The minimum atomic E-state index is 0.291. The molecule has 4 rings (SSSR count). The Hall–Kier alpha value is -0.630. The zero-order valence-electron chi connectivity index (χ0n) is 15.7. The van der Waals surface area contributed by atoms with Gasteiger partial charge in [-0.1, -0.05) is 26.3 Å². The maximum atomic E-state index is 11.9. The van der Waals surface area contributed by atoms with Crippen molar-refractivity contribution in [2.45, 2.75) is 72.1 Å². The number of carbonyl (C=O) groups excluding carboxylic acids is 1. The minimum absolute atomic E-state index is 0.291. The van der Waals surface area contributed by atoms with E-state index in [9.17, 15) is 9.90 Å². The third-order valence-corrected chi connectivity index (χ3v) is 9.01. The summed E-state index contributed by atoms with van der Waals surface area (Å²) in [6, 6.07) is 0.